The van der Waals surface area contributed by atoms with Crippen molar-refractivity contribution in [2.45, 2.75) is 6.92 Å². The summed E-state index contributed by atoms with van der Waals surface area (Å²) < 4.78 is 5.07. The van der Waals surface area contributed by atoms with Gasteiger partial charge in [0.1, 0.15) is 0 Å². The van der Waals surface area contributed by atoms with Gasteiger partial charge in [-0.1, -0.05) is 53.0 Å². The fourth-order valence-electron chi connectivity index (χ4n) is 2.26. The van der Waals surface area contributed by atoms with Crippen molar-refractivity contribution in [3.63, 3.8) is 0 Å². The number of thiazole rings is 1. The molecule has 0 spiro atoms. The van der Waals surface area contributed by atoms with Crippen molar-refractivity contribution in [1.29, 1.82) is 0 Å². The van der Waals surface area contributed by atoms with Crippen molar-refractivity contribution in [2.75, 3.05) is 6.61 Å². The van der Waals surface area contributed by atoms with Crippen LogP contribution in [0.3, 0.4) is 0 Å². The number of carbonyl (C=O) groups is 1. The second-order valence-electron chi connectivity index (χ2n) is 5.05. The summed E-state index contributed by atoms with van der Waals surface area (Å²) >= 11 is 19.5. The van der Waals surface area contributed by atoms with Gasteiger partial charge in [0.15, 0.2) is 0 Å². The van der Waals surface area contributed by atoms with Crippen molar-refractivity contribution >= 4 is 52.1 Å². The van der Waals surface area contributed by atoms with Gasteiger partial charge in [-0.25, -0.2) is 9.78 Å². The highest BCUT2D eigenvalue weighted by atomic mass is 35.5. The number of halogens is 3. The molecule has 0 atom stereocenters. The lowest BCUT2D eigenvalue weighted by atomic mass is 10.1. The maximum atomic E-state index is 12.1. The van der Waals surface area contributed by atoms with Crippen molar-refractivity contribution in [1.82, 2.24) is 4.98 Å². The summed E-state index contributed by atoms with van der Waals surface area (Å²) in [6, 6.07) is 12.5. The molecule has 0 N–H and O–H groups in total. The highest BCUT2D eigenvalue weighted by Crippen LogP contribution is 2.41. The molecule has 0 aliphatic heterocycles. The van der Waals surface area contributed by atoms with Crippen LogP contribution in [0.15, 0.2) is 42.5 Å². The van der Waals surface area contributed by atoms with Crippen LogP contribution in [0.5, 0.6) is 0 Å². The number of nitrogens with zero attached hydrogens (tertiary/aromatic N) is 1. The van der Waals surface area contributed by atoms with Gasteiger partial charge in [-0.3, -0.25) is 0 Å². The van der Waals surface area contributed by atoms with Gasteiger partial charge in [-0.15, -0.1) is 11.3 Å². The van der Waals surface area contributed by atoms with Gasteiger partial charge in [0.2, 0.25) is 5.01 Å². The third-order valence-electron chi connectivity index (χ3n) is 3.37. The number of carbonyl (C=O) groups excluding carboxylic acids is 1. The Bertz CT molecular complexity index is 923. The van der Waals surface area contributed by atoms with Crippen LogP contribution < -0.4 is 0 Å². The van der Waals surface area contributed by atoms with Crippen LogP contribution in [0, 0.1) is 0 Å². The number of aromatic nitrogens is 1. The van der Waals surface area contributed by atoms with Crippen LogP contribution in [-0.4, -0.2) is 17.6 Å². The minimum Gasteiger partial charge on any atom is -0.461 e. The van der Waals surface area contributed by atoms with E-state index in [0.29, 0.717) is 20.8 Å². The maximum absolute atomic E-state index is 12.1. The van der Waals surface area contributed by atoms with Crippen LogP contribution in [0.25, 0.3) is 21.7 Å². The lowest BCUT2D eigenvalue weighted by molar-refractivity contribution is 0.0526. The second-order valence-corrected chi connectivity index (χ2v) is 7.33. The first kappa shape index (κ1) is 18.2. The Morgan fingerprint density at radius 1 is 1.08 bits per heavy atom. The van der Waals surface area contributed by atoms with Crippen molar-refractivity contribution in [3.05, 3.63) is 62.5 Å². The fraction of sp³-hybridized carbons (Fsp3) is 0.111. The minimum atomic E-state index is -0.459. The molecular weight excluding hydrogens is 401 g/mol. The molecule has 0 aliphatic rings. The first-order chi connectivity index (χ1) is 12.0. The van der Waals surface area contributed by atoms with Crippen LogP contribution in [0.1, 0.15) is 16.7 Å². The fourth-order valence-corrected chi connectivity index (χ4v) is 3.97. The molecule has 0 fully saturated rings. The van der Waals surface area contributed by atoms with Crippen LogP contribution >= 0.6 is 46.1 Å². The number of hydrogen-bond acceptors (Lipinski definition) is 4. The number of hydrogen-bond donors (Lipinski definition) is 0. The van der Waals surface area contributed by atoms with E-state index in [0.717, 1.165) is 16.0 Å². The standard InChI is InChI=1S/C18H12Cl3NO2S/c1-2-24-18(23)17-22-15(10-3-5-11(19)6-4-10)16(25-17)13-8-7-12(20)9-14(13)21/h3-9H,2H2,1H3. The predicted octanol–water partition coefficient (Wildman–Crippen LogP) is 6.61. The van der Waals surface area contributed by atoms with Crippen molar-refractivity contribution in [3.8, 4) is 21.7 Å². The minimum absolute atomic E-state index is 0.271. The molecule has 0 saturated heterocycles. The van der Waals surface area contributed by atoms with Gasteiger partial charge >= 0.3 is 5.97 Å². The van der Waals surface area contributed by atoms with Gasteiger partial charge < -0.3 is 4.74 Å². The summed E-state index contributed by atoms with van der Waals surface area (Å²) in [4.78, 5) is 17.4. The van der Waals surface area contributed by atoms with Gasteiger partial charge in [0.25, 0.3) is 0 Å². The molecule has 0 radical (unpaired) electrons. The topological polar surface area (TPSA) is 39.2 Å². The number of rotatable bonds is 4. The average molecular weight is 413 g/mol. The highest BCUT2D eigenvalue weighted by Gasteiger charge is 2.21. The average Bonchev–Trinajstić information content (AvgIpc) is 3.01. The first-order valence-electron chi connectivity index (χ1n) is 7.39. The van der Waals surface area contributed by atoms with E-state index in [1.807, 2.05) is 18.2 Å². The summed E-state index contributed by atoms with van der Waals surface area (Å²) in [5.74, 6) is -0.459. The Morgan fingerprint density at radius 2 is 1.76 bits per heavy atom. The monoisotopic (exact) mass is 411 g/mol. The molecule has 25 heavy (non-hydrogen) atoms. The summed E-state index contributed by atoms with van der Waals surface area (Å²) in [6.45, 7) is 2.04. The van der Waals surface area contributed by atoms with Crippen LogP contribution in [0.4, 0.5) is 0 Å². The van der Waals surface area contributed by atoms with E-state index in [4.69, 9.17) is 39.5 Å². The molecule has 2 aromatic carbocycles. The second kappa shape index (κ2) is 7.75. The van der Waals surface area contributed by atoms with E-state index in [2.05, 4.69) is 4.98 Å². The molecule has 3 rings (SSSR count). The summed E-state index contributed by atoms with van der Waals surface area (Å²) in [7, 11) is 0. The Kier molecular flexibility index (Phi) is 5.64. The normalized spacial score (nSPS) is 10.7. The third-order valence-corrected chi connectivity index (χ3v) is 5.24. The van der Waals surface area contributed by atoms with E-state index >= 15 is 0 Å². The summed E-state index contributed by atoms with van der Waals surface area (Å²) in [5, 5.41) is 1.92. The van der Waals surface area contributed by atoms with Crippen molar-refractivity contribution in [2.24, 2.45) is 0 Å². The molecule has 0 aliphatic carbocycles. The van der Waals surface area contributed by atoms with E-state index < -0.39 is 5.97 Å². The smallest absolute Gasteiger partial charge is 0.367 e. The largest absolute Gasteiger partial charge is 0.461 e. The highest BCUT2D eigenvalue weighted by molar-refractivity contribution is 7.17. The Morgan fingerprint density at radius 3 is 2.40 bits per heavy atom. The van der Waals surface area contributed by atoms with Gasteiger partial charge in [0, 0.05) is 21.2 Å². The molecule has 0 saturated carbocycles. The molecule has 1 aromatic heterocycles. The Labute approximate surface area is 164 Å². The van der Waals surface area contributed by atoms with E-state index in [-0.39, 0.29) is 11.6 Å². The molecular formula is C18H12Cl3NO2S. The Hall–Kier alpha value is -1.59. The summed E-state index contributed by atoms with van der Waals surface area (Å²) in [6.07, 6.45) is 0. The molecule has 1 heterocycles. The molecule has 128 valence electrons. The molecule has 3 aromatic rings. The van der Waals surface area contributed by atoms with Gasteiger partial charge in [-0.05, 0) is 31.2 Å². The van der Waals surface area contributed by atoms with Crippen molar-refractivity contribution < 1.29 is 9.53 Å². The molecule has 3 nitrogen and oxygen atoms in total. The zero-order chi connectivity index (χ0) is 18.0. The molecule has 0 amide bonds. The van der Waals surface area contributed by atoms with E-state index in [1.54, 1.807) is 31.2 Å². The third kappa shape index (κ3) is 3.98. The molecule has 0 unspecified atom stereocenters. The Balaban J connectivity index is 2.17. The quantitative estimate of drug-likeness (QED) is 0.452. The van der Waals surface area contributed by atoms with Gasteiger partial charge in [-0.2, -0.15) is 0 Å². The summed E-state index contributed by atoms with van der Waals surface area (Å²) in [5.41, 5.74) is 2.23. The number of benzene rings is 2. The van der Waals surface area contributed by atoms with E-state index in [1.165, 1.54) is 11.3 Å². The number of esters is 1. The predicted molar refractivity (Wildman–Crippen MR) is 104 cm³/mol. The van der Waals surface area contributed by atoms with Crippen LogP contribution in [0.2, 0.25) is 15.1 Å². The lowest BCUT2D eigenvalue weighted by Gasteiger charge is -2.05. The molecule has 7 heteroatoms. The zero-order valence-electron chi connectivity index (χ0n) is 13.1. The van der Waals surface area contributed by atoms with E-state index in [9.17, 15) is 4.79 Å². The molecule has 0 bridgehead atoms. The maximum Gasteiger partial charge on any atom is 0.367 e. The van der Waals surface area contributed by atoms with Gasteiger partial charge in [0.05, 0.1) is 22.2 Å². The first-order valence-corrected chi connectivity index (χ1v) is 9.34. The number of ether oxygens (including phenoxy) is 1. The SMILES string of the molecule is CCOC(=O)c1nc(-c2ccc(Cl)cc2)c(-c2ccc(Cl)cc2Cl)s1. The van der Waals surface area contributed by atoms with Crippen LogP contribution in [-0.2, 0) is 4.74 Å². The lowest BCUT2D eigenvalue weighted by Crippen LogP contribution is -2.03. The zero-order valence-corrected chi connectivity index (χ0v) is 16.1.